The normalized spacial score (nSPS) is 11.4. The average Bonchev–Trinajstić information content (AvgIpc) is 2.74. The third-order valence-electron chi connectivity index (χ3n) is 4.79. The molecule has 0 bridgehead atoms. The average molecular weight is 417 g/mol. The largest absolute Gasteiger partial charge is 0.300 e. The first kappa shape index (κ1) is 19.8. The molecule has 6 heteroatoms. The summed E-state index contributed by atoms with van der Waals surface area (Å²) in [6, 6.07) is 23.6. The van der Waals surface area contributed by atoms with E-state index in [9.17, 15) is 13.2 Å². The van der Waals surface area contributed by atoms with Crippen molar-refractivity contribution in [2.75, 3.05) is 4.72 Å². The molecule has 0 aliphatic carbocycles. The Labute approximate surface area is 175 Å². The maximum atomic E-state index is 12.9. The van der Waals surface area contributed by atoms with Crippen molar-refractivity contribution < 1.29 is 13.2 Å². The van der Waals surface area contributed by atoms with Crippen molar-refractivity contribution in [1.82, 2.24) is 4.98 Å². The molecule has 1 aromatic heterocycles. The van der Waals surface area contributed by atoms with E-state index < -0.39 is 10.0 Å². The number of Topliss-reactive ketones (excluding diaryl/α,β-unsaturated/α-hetero) is 1. The molecule has 30 heavy (non-hydrogen) atoms. The van der Waals surface area contributed by atoms with E-state index in [0.29, 0.717) is 11.2 Å². The molecule has 0 saturated carbocycles. The van der Waals surface area contributed by atoms with Gasteiger partial charge in [0.1, 0.15) is 5.78 Å². The van der Waals surface area contributed by atoms with E-state index in [1.165, 1.54) is 19.1 Å². The number of fused-ring (bicyclic) bond motifs is 1. The van der Waals surface area contributed by atoms with Gasteiger partial charge in [0, 0.05) is 18.0 Å². The van der Waals surface area contributed by atoms with Crippen LogP contribution in [0.5, 0.6) is 0 Å². The van der Waals surface area contributed by atoms with Gasteiger partial charge in [0.05, 0.1) is 16.1 Å². The van der Waals surface area contributed by atoms with Gasteiger partial charge in [-0.3, -0.25) is 14.5 Å². The number of hydrogen-bond donors (Lipinski definition) is 1. The van der Waals surface area contributed by atoms with E-state index in [2.05, 4.69) is 9.71 Å². The maximum absolute atomic E-state index is 12.9. The van der Waals surface area contributed by atoms with Gasteiger partial charge in [0.25, 0.3) is 10.0 Å². The van der Waals surface area contributed by atoms with E-state index in [1.54, 1.807) is 24.4 Å². The fraction of sp³-hybridized carbons (Fsp3) is 0.0833. The summed E-state index contributed by atoms with van der Waals surface area (Å²) in [7, 11) is -3.80. The molecule has 1 N–H and O–H groups in total. The lowest BCUT2D eigenvalue weighted by Crippen LogP contribution is -2.13. The quantitative estimate of drug-likeness (QED) is 0.488. The Morgan fingerprint density at radius 1 is 0.900 bits per heavy atom. The van der Waals surface area contributed by atoms with Crippen molar-refractivity contribution in [2.45, 2.75) is 18.2 Å². The minimum absolute atomic E-state index is 0.0276. The number of carbonyl (C=O) groups is 1. The molecule has 0 amide bonds. The highest BCUT2D eigenvalue weighted by Crippen LogP contribution is 2.32. The summed E-state index contributed by atoms with van der Waals surface area (Å²) < 4.78 is 28.5. The van der Waals surface area contributed by atoms with Crippen LogP contribution in [0, 0.1) is 0 Å². The predicted octanol–water partition coefficient (Wildman–Crippen LogP) is 4.83. The van der Waals surface area contributed by atoms with E-state index in [-0.39, 0.29) is 17.1 Å². The Hall–Kier alpha value is -3.51. The standard InChI is InChI=1S/C24H20N2O3S/c1-17(27)16-18-9-11-20(12-10-18)30(28,29)26-23-14-13-21(19-6-3-2-4-7-19)22-8-5-15-25-24(22)23/h2-15,26H,16H2,1H3. The summed E-state index contributed by atoms with van der Waals surface area (Å²) in [6.45, 7) is 1.50. The number of ketones is 1. The molecule has 0 aliphatic rings. The monoisotopic (exact) mass is 416 g/mol. The molecule has 0 unspecified atom stereocenters. The molecule has 1 heterocycles. The van der Waals surface area contributed by atoms with Crippen LogP contribution < -0.4 is 4.72 Å². The lowest BCUT2D eigenvalue weighted by molar-refractivity contribution is -0.116. The van der Waals surface area contributed by atoms with Crippen LogP contribution in [0.4, 0.5) is 5.69 Å². The zero-order valence-corrected chi connectivity index (χ0v) is 17.2. The number of benzene rings is 3. The van der Waals surface area contributed by atoms with Gasteiger partial charge in [-0.2, -0.15) is 0 Å². The van der Waals surface area contributed by atoms with Crippen molar-refractivity contribution in [3.63, 3.8) is 0 Å². The highest BCUT2D eigenvalue weighted by atomic mass is 32.2. The van der Waals surface area contributed by atoms with Crippen LogP contribution in [-0.2, 0) is 21.2 Å². The second kappa shape index (κ2) is 8.08. The van der Waals surface area contributed by atoms with Crippen LogP contribution >= 0.6 is 0 Å². The fourth-order valence-electron chi connectivity index (χ4n) is 3.40. The second-order valence-electron chi connectivity index (χ2n) is 7.05. The molecular weight excluding hydrogens is 396 g/mol. The summed E-state index contributed by atoms with van der Waals surface area (Å²) in [5.74, 6) is 0.0276. The minimum atomic E-state index is -3.80. The van der Waals surface area contributed by atoms with Crippen molar-refractivity contribution in [3.8, 4) is 11.1 Å². The number of carbonyl (C=O) groups excluding carboxylic acids is 1. The van der Waals surface area contributed by atoms with E-state index in [0.717, 1.165) is 22.1 Å². The van der Waals surface area contributed by atoms with Gasteiger partial charge in [-0.1, -0.05) is 54.6 Å². The summed E-state index contributed by atoms with van der Waals surface area (Å²) in [5.41, 5.74) is 3.79. The molecule has 4 aromatic rings. The molecular formula is C24H20N2O3S. The van der Waals surface area contributed by atoms with Crippen LogP contribution in [-0.4, -0.2) is 19.2 Å². The molecule has 0 fully saturated rings. The summed E-state index contributed by atoms with van der Waals surface area (Å²) in [4.78, 5) is 15.8. The molecule has 150 valence electrons. The lowest BCUT2D eigenvalue weighted by Gasteiger charge is -2.13. The minimum Gasteiger partial charge on any atom is -0.300 e. The highest BCUT2D eigenvalue weighted by molar-refractivity contribution is 7.92. The van der Waals surface area contributed by atoms with Crippen molar-refractivity contribution in [2.24, 2.45) is 0 Å². The first-order chi connectivity index (χ1) is 14.4. The third-order valence-corrected chi connectivity index (χ3v) is 6.17. The van der Waals surface area contributed by atoms with Crippen LogP contribution in [0.15, 0.2) is 90.0 Å². The Morgan fingerprint density at radius 3 is 2.33 bits per heavy atom. The number of rotatable bonds is 6. The van der Waals surface area contributed by atoms with Gasteiger partial charge in [-0.05, 0) is 47.9 Å². The molecule has 3 aromatic carbocycles. The number of aromatic nitrogens is 1. The first-order valence-electron chi connectivity index (χ1n) is 9.48. The molecule has 5 nitrogen and oxygen atoms in total. The number of nitrogens with one attached hydrogen (secondary N) is 1. The SMILES string of the molecule is CC(=O)Cc1ccc(S(=O)(=O)Nc2ccc(-c3ccccc3)c3cccnc23)cc1. The van der Waals surface area contributed by atoms with Gasteiger partial charge >= 0.3 is 0 Å². The second-order valence-corrected chi connectivity index (χ2v) is 8.74. The summed E-state index contributed by atoms with van der Waals surface area (Å²) >= 11 is 0. The van der Waals surface area contributed by atoms with Gasteiger partial charge in [-0.15, -0.1) is 0 Å². The first-order valence-corrected chi connectivity index (χ1v) is 11.0. The molecule has 4 rings (SSSR count). The van der Waals surface area contributed by atoms with Crippen molar-refractivity contribution >= 4 is 32.4 Å². The molecule has 0 radical (unpaired) electrons. The number of nitrogens with zero attached hydrogens (tertiary/aromatic N) is 1. The van der Waals surface area contributed by atoms with Crippen molar-refractivity contribution in [3.05, 3.63) is 90.6 Å². The van der Waals surface area contributed by atoms with Crippen LogP contribution in [0.25, 0.3) is 22.0 Å². The molecule has 0 aliphatic heterocycles. The fourth-order valence-corrected chi connectivity index (χ4v) is 4.47. The van der Waals surface area contributed by atoms with E-state index in [4.69, 9.17) is 0 Å². The molecule has 0 spiro atoms. The number of sulfonamides is 1. The number of pyridine rings is 1. The zero-order valence-electron chi connectivity index (χ0n) is 16.4. The third kappa shape index (κ3) is 4.09. The van der Waals surface area contributed by atoms with Gasteiger partial charge in [0.15, 0.2) is 0 Å². The Bertz CT molecular complexity index is 1320. The highest BCUT2D eigenvalue weighted by Gasteiger charge is 2.17. The summed E-state index contributed by atoms with van der Waals surface area (Å²) in [5, 5.41) is 0.862. The predicted molar refractivity (Wildman–Crippen MR) is 119 cm³/mol. The van der Waals surface area contributed by atoms with Crippen molar-refractivity contribution in [1.29, 1.82) is 0 Å². The zero-order chi connectivity index (χ0) is 21.1. The maximum Gasteiger partial charge on any atom is 0.261 e. The smallest absolute Gasteiger partial charge is 0.261 e. The van der Waals surface area contributed by atoms with Gasteiger partial charge in [-0.25, -0.2) is 8.42 Å². The van der Waals surface area contributed by atoms with Crippen LogP contribution in [0.3, 0.4) is 0 Å². The Kier molecular flexibility index (Phi) is 5.33. The number of anilines is 1. The topological polar surface area (TPSA) is 76.1 Å². The van der Waals surface area contributed by atoms with E-state index >= 15 is 0 Å². The van der Waals surface area contributed by atoms with Gasteiger partial charge in [0.2, 0.25) is 0 Å². The van der Waals surface area contributed by atoms with Crippen LogP contribution in [0.1, 0.15) is 12.5 Å². The Morgan fingerprint density at radius 2 is 1.63 bits per heavy atom. The summed E-state index contributed by atoms with van der Waals surface area (Å²) in [6.07, 6.45) is 1.93. The van der Waals surface area contributed by atoms with Crippen LogP contribution in [0.2, 0.25) is 0 Å². The van der Waals surface area contributed by atoms with E-state index in [1.807, 2.05) is 48.5 Å². The number of hydrogen-bond acceptors (Lipinski definition) is 4. The Balaban J connectivity index is 1.71. The molecule has 0 atom stereocenters. The van der Waals surface area contributed by atoms with Gasteiger partial charge < -0.3 is 0 Å². The lowest BCUT2D eigenvalue weighted by atomic mass is 10.00. The molecule has 0 saturated heterocycles.